The molecule has 0 fully saturated rings. The van der Waals surface area contributed by atoms with E-state index < -0.39 is 11.2 Å². The van der Waals surface area contributed by atoms with Gasteiger partial charge in [0, 0.05) is 0 Å². The highest BCUT2D eigenvalue weighted by Gasteiger charge is 2.15. The van der Waals surface area contributed by atoms with Gasteiger partial charge in [-0.1, -0.05) is 58.4 Å². The van der Waals surface area contributed by atoms with Crippen LogP contribution in [0.1, 0.15) is 93.4 Å². The highest BCUT2D eigenvalue weighted by Crippen LogP contribution is 2.15. The fraction of sp³-hybridized carbons (Fsp3) is 0.533. The second-order valence-electron chi connectivity index (χ2n) is 9.51. The van der Waals surface area contributed by atoms with Crippen molar-refractivity contribution in [2.24, 2.45) is 0 Å². The molecule has 0 aliphatic carbocycles. The fourth-order valence-corrected chi connectivity index (χ4v) is 2.87. The zero-order valence-corrected chi connectivity index (χ0v) is 21.4. The lowest BCUT2D eigenvalue weighted by atomic mass is 9.99. The molecule has 0 rings (SSSR count). The first-order chi connectivity index (χ1) is 14.8. The smallest absolute Gasteiger partial charge is 0.142 e. The number of rotatable bonds is 12. The zero-order valence-electron chi connectivity index (χ0n) is 21.4. The maximum atomic E-state index is 10.4. The molecule has 2 atom stereocenters. The van der Waals surface area contributed by atoms with E-state index in [1.165, 1.54) is 22.3 Å². The van der Waals surface area contributed by atoms with E-state index >= 15 is 0 Å². The molecule has 32 heavy (non-hydrogen) atoms. The van der Waals surface area contributed by atoms with Gasteiger partial charge in [-0.25, -0.2) is 0 Å². The average molecular weight is 437 g/mol. The Morgan fingerprint density at radius 2 is 1.50 bits per heavy atom. The van der Waals surface area contributed by atoms with Crippen LogP contribution in [0.3, 0.4) is 0 Å². The van der Waals surface area contributed by atoms with Gasteiger partial charge in [-0.3, -0.25) is 0 Å². The van der Waals surface area contributed by atoms with E-state index in [4.69, 9.17) is 0 Å². The Balaban J connectivity index is 4.67. The van der Waals surface area contributed by atoms with Crippen molar-refractivity contribution in [2.75, 3.05) is 0 Å². The maximum absolute atomic E-state index is 10.4. The van der Waals surface area contributed by atoms with Crippen LogP contribution in [0, 0.1) is 23.7 Å². The van der Waals surface area contributed by atoms with Crippen LogP contribution in [0.15, 0.2) is 59.3 Å². The second kappa shape index (κ2) is 15.5. The van der Waals surface area contributed by atoms with E-state index in [0.29, 0.717) is 6.42 Å². The number of hydrogen-bond acceptors (Lipinski definition) is 2. The highest BCUT2D eigenvalue weighted by atomic mass is 16.3. The first-order valence-corrected chi connectivity index (χ1v) is 11.6. The van der Waals surface area contributed by atoms with Gasteiger partial charge >= 0.3 is 0 Å². The molecule has 0 aromatic heterocycles. The molecule has 2 heteroatoms. The Bertz CT molecular complexity index is 833. The summed E-state index contributed by atoms with van der Waals surface area (Å²) in [7, 11) is 0. The number of aliphatic hydroxyl groups is 2. The predicted molar refractivity (Wildman–Crippen MR) is 140 cm³/mol. The van der Waals surface area contributed by atoms with Crippen LogP contribution in [-0.4, -0.2) is 21.4 Å². The van der Waals surface area contributed by atoms with Gasteiger partial charge in [0.25, 0.3) is 0 Å². The Labute approximate surface area is 197 Å². The normalized spacial score (nSPS) is 15.7. The molecule has 2 unspecified atom stereocenters. The largest absolute Gasteiger partial charge is 0.378 e. The standard InChI is InChI=1S/C30H44O2/c1-25(2)15-11-17-27(5)19-13-23-29(7,31)21-9-10-22-30(8,32)24-14-20-28(6)18-12-16-26(3)4/h14,16,19-20,24,31-32H,1,11-13,15,17-18,23H2,2-8H3. The van der Waals surface area contributed by atoms with Crippen molar-refractivity contribution in [3.8, 4) is 23.7 Å². The van der Waals surface area contributed by atoms with Gasteiger partial charge in [0.1, 0.15) is 11.2 Å². The van der Waals surface area contributed by atoms with Gasteiger partial charge in [-0.15, -0.1) is 6.58 Å². The summed E-state index contributed by atoms with van der Waals surface area (Å²) in [6.45, 7) is 17.7. The molecule has 176 valence electrons. The van der Waals surface area contributed by atoms with Gasteiger partial charge in [-0.2, -0.15) is 0 Å². The van der Waals surface area contributed by atoms with Crippen LogP contribution < -0.4 is 0 Å². The summed E-state index contributed by atoms with van der Waals surface area (Å²) in [5, 5.41) is 20.8. The number of hydrogen-bond donors (Lipinski definition) is 2. The molecule has 0 aromatic carbocycles. The topological polar surface area (TPSA) is 40.5 Å². The average Bonchev–Trinajstić information content (AvgIpc) is 2.64. The van der Waals surface area contributed by atoms with Crippen LogP contribution >= 0.6 is 0 Å². The lowest BCUT2D eigenvalue weighted by molar-refractivity contribution is 0.113. The summed E-state index contributed by atoms with van der Waals surface area (Å²) in [6.07, 6.45) is 16.4. The Morgan fingerprint density at radius 1 is 0.844 bits per heavy atom. The van der Waals surface area contributed by atoms with E-state index in [2.05, 4.69) is 77.0 Å². The SMILES string of the molecule is C=C(C)CCCC(C)=CCCC(C)(O)C#CC#CC(C)(O)C=CC=C(C)CCC=C(C)C. The zero-order chi connectivity index (χ0) is 24.6. The molecule has 0 saturated carbocycles. The highest BCUT2D eigenvalue weighted by molar-refractivity contribution is 5.35. The van der Waals surface area contributed by atoms with E-state index in [-0.39, 0.29) is 0 Å². The molecule has 0 spiro atoms. The number of allylic oxidation sites excluding steroid dienone is 8. The third-order valence-electron chi connectivity index (χ3n) is 4.90. The molecule has 0 saturated heterocycles. The summed E-state index contributed by atoms with van der Waals surface area (Å²) in [4.78, 5) is 0. The first kappa shape index (κ1) is 29.7. The monoisotopic (exact) mass is 436 g/mol. The molecule has 0 aliphatic rings. The summed E-state index contributed by atoms with van der Waals surface area (Å²) in [5.74, 6) is 10.9. The van der Waals surface area contributed by atoms with Crippen molar-refractivity contribution < 1.29 is 10.2 Å². The summed E-state index contributed by atoms with van der Waals surface area (Å²) in [6, 6.07) is 0. The quantitative estimate of drug-likeness (QED) is 0.193. The van der Waals surface area contributed by atoms with Gasteiger partial charge in [0.15, 0.2) is 0 Å². The van der Waals surface area contributed by atoms with Crippen molar-refractivity contribution in [3.05, 3.63) is 59.3 Å². The Hall–Kier alpha value is -2.26. The lowest BCUT2D eigenvalue weighted by Gasteiger charge is -2.14. The van der Waals surface area contributed by atoms with Crippen LogP contribution in [0.5, 0.6) is 0 Å². The molecule has 2 N–H and O–H groups in total. The van der Waals surface area contributed by atoms with Crippen molar-refractivity contribution in [3.63, 3.8) is 0 Å². The van der Waals surface area contributed by atoms with Crippen molar-refractivity contribution in [2.45, 2.75) is 105 Å². The first-order valence-electron chi connectivity index (χ1n) is 11.6. The third kappa shape index (κ3) is 18.5. The molecule has 0 aromatic rings. The molecular weight excluding hydrogens is 392 g/mol. The summed E-state index contributed by atoms with van der Waals surface area (Å²) >= 11 is 0. The molecule has 0 heterocycles. The van der Waals surface area contributed by atoms with E-state index in [1.807, 2.05) is 12.2 Å². The van der Waals surface area contributed by atoms with E-state index in [9.17, 15) is 10.2 Å². The third-order valence-corrected chi connectivity index (χ3v) is 4.90. The fourth-order valence-electron chi connectivity index (χ4n) is 2.87. The second-order valence-corrected chi connectivity index (χ2v) is 9.51. The van der Waals surface area contributed by atoms with Crippen LogP contribution in [-0.2, 0) is 0 Å². The minimum atomic E-state index is -1.26. The van der Waals surface area contributed by atoms with Gasteiger partial charge in [-0.05, 0) is 111 Å². The summed E-state index contributed by atoms with van der Waals surface area (Å²) in [5.41, 5.74) is 2.76. The predicted octanol–water partition coefficient (Wildman–Crippen LogP) is 7.22. The van der Waals surface area contributed by atoms with Gasteiger partial charge in [0.2, 0.25) is 0 Å². The lowest BCUT2D eigenvalue weighted by Crippen LogP contribution is -2.21. The molecule has 2 nitrogen and oxygen atoms in total. The van der Waals surface area contributed by atoms with E-state index in [0.717, 1.165) is 38.5 Å². The van der Waals surface area contributed by atoms with Crippen molar-refractivity contribution >= 4 is 0 Å². The molecule has 0 amide bonds. The molecule has 0 radical (unpaired) electrons. The van der Waals surface area contributed by atoms with Crippen LogP contribution in [0.4, 0.5) is 0 Å². The van der Waals surface area contributed by atoms with Crippen molar-refractivity contribution in [1.29, 1.82) is 0 Å². The van der Waals surface area contributed by atoms with Gasteiger partial charge < -0.3 is 10.2 Å². The summed E-state index contributed by atoms with van der Waals surface area (Å²) < 4.78 is 0. The molecule has 0 bridgehead atoms. The minimum Gasteiger partial charge on any atom is -0.378 e. The van der Waals surface area contributed by atoms with Crippen molar-refractivity contribution in [1.82, 2.24) is 0 Å². The Morgan fingerprint density at radius 3 is 2.12 bits per heavy atom. The molecule has 0 aliphatic heterocycles. The Kier molecular flexibility index (Phi) is 14.4. The van der Waals surface area contributed by atoms with Gasteiger partial charge in [0.05, 0.1) is 0 Å². The molecular formula is C30H44O2. The van der Waals surface area contributed by atoms with Crippen LogP contribution in [0.25, 0.3) is 0 Å². The van der Waals surface area contributed by atoms with Crippen LogP contribution in [0.2, 0.25) is 0 Å². The maximum Gasteiger partial charge on any atom is 0.142 e. The minimum absolute atomic E-state index is 0.548. The van der Waals surface area contributed by atoms with E-state index in [1.54, 1.807) is 19.9 Å².